The molecule has 2 rings (SSSR count). The van der Waals surface area contributed by atoms with Gasteiger partial charge in [-0.3, -0.25) is 0 Å². The number of anilines is 1. The molecule has 1 atom stereocenters. The van der Waals surface area contributed by atoms with E-state index < -0.39 is 0 Å². The van der Waals surface area contributed by atoms with Gasteiger partial charge in [-0.05, 0) is 19.9 Å². The van der Waals surface area contributed by atoms with Gasteiger partial charge in [0.25, 0.3) is 0 Å². The Kier molecular flexibility index (Phi) is 2.63. The van der Waals surface area contributed by atoms with Crippen LogP contribution in [0.3, 0.4) is 0 Å². The highest BCUT2D eigenvalue weighted by molar-refractivity contribution is 5.36. The Bertz CT molecular complexity index is 318. The summed E-state index contributed by atoms with van der Waals surface area (Å²) in [7, 11) is 1.89. The Morgan fingerprint density at radius 3 is 3.00 bits per heavy atom. The molecule has 0 radical (unpaired) electrons. The van der Waals surface area contributed by atoms with Gasteiger partial charge in [-0.15, -0.1) is 0 Å². The molecule has 0 aliphatic carbocycles. The van der Waals surface area contributed by atoms with Gasteiger partial charge in [0, 0.05) is 25.6 Å². The zero-order valence-electron chi connectivity index (χ0n) is 8.67. The quantitative estimate of drug-likeness (QED) is 0.731. The molecule has 1 aromatic heterocycles. The van der Waals surface area contributed by atoms with E-state index in [1.807, 2.05) is 20.0 Å². The van der Waals surface area contributed by atoms with Gasteiger partial charge >= 0.3 is 0 Å². The average molecular weight is 192 g/mol. The van der Waals surface area contributed by atoms with Crippen molar-refractivity contribution in [3.05, 3.63) is 17.6 Å². The van der Waals surface area contributed by atoms with Gasteiger partial charge in [0.15, 0.2) is 0 Å². The Morgan fingerprint density at radius 1 is 1.50 bits per heavy atom. The number of nitrogens with zero attached hydrogens (tertiary/aromatic N) is 2. The summed E-state index contributed by atoms with van der Waals surface area (Å²) < 4.78 is 0. The third kappa shape index (κ3) is 1.85. The third-order valence-electron chi connectivity index (χ3n) is 2.59. The summed E-state index contributed by atoms with van der Waals surface area (Å²) in [4.78, 5) is 8.75. The van der Waals surface area contributed by atoms with E-state index in [-0.39, 0.29) is 0 Å². The van der Waals surface area contributed by atoms with Gasteiger partial charge in [-0.2, -0.15) is 0 Å². The largest absolute Gasteiger partial charge is 0.373 e. The van der Waals surface area contributed by atoms with Crippen LogP contribution in [0.4, 0.5) is 5.82 Å². The molecule has 0 unspecified atom stereocenters. The summed E-state index contributed by atoms with van der Waals surface area (Å²) >= 11 is 0. The number of nitrogens with one attached hydrogen (secondary N) is 2. The first kappa shape index (κ1) is 9.40. The number of hydrogen-bond donors (Lipinski definition) is 2. The van der Waals surface area contributed by atoms with Crippen molar-refractivity contribution in [2.24, 2.45) is 0 Å². The summed E-state index contributed by atoms with van der Waals surface area (Å²) in [6.45, 7) is 4.08. The Labute approximate surface area is 84.2 Å². The predicted octanol–water partition coefficient (Wildman–Crippen LogP) is 0.904. The molecule has 0 aromatic carbocycles. The number of aromatic nitrogens is 2. The number of rotatable bonds is 2. The highest BCUT2D eigenvalue weighted by Gasteiger charge is 2.18. The third-order valence-corrected chi connectivity index (χ3v) is 2.59. The molecule has 0 bridgehead atoms. The first-order valence-electron chi connectivity index (χ1n) is 5.03. The van der Waals surface area contributed by atoms with Crippen molar-refractivity contribution < 1.29 is 0 Å². The maximum atomic E-state index is 4.47. The zero-order valence-corrected chi connectivity index (χ0v) is 8.67. The fraction of sp³-hybridized carbons (Fsp3) is 0.600. The zero-order chi connectivity index (χ0) is 9.97. The van der Waals surface area contributed by atoms with Crippen LogP contribution < -0.4 is 10.6 Å². The minimum absolute atomic E-state index is 0.559. The fourth-order valence-corrected chi connectivity index (χ4v) is 1.84. The molecule has 4 nitrogen and oxygen atoms in total. The molecular weight excluding hydrogens is 176 g/mol. The van der Waals surface area contributed by atoms with Crippen LogP contribution in [0.25, 0.3) is 0 Å². The SMILES string of the molecule is CNc1cc([C@H]2CCNC2)nc(C)n1. The fourth-order valence-electron chi connectivity index (χ4n) is 1.84. The Morgan fingerprint density at radius 2 is 2.36 bits per heavy atom. The van der Waals surface area contributed by atoms with Gasteiger partial charge in [0.05, 0.1) is 5.69 Å². The van der Waals surface area contributed by atoms with Crippen LogP contribution in [0.15, 0.2) is 6.07 Å². The molecule has 1 saturated heterocycles. The molecule has 14 heavy (non-hydrogen) atoms. The lowest BCUT2D eigenvalue weighted by Gasteiger charge is -2.10. The van der Waals surface area contributed by atoms with E-state index in [1.165, 1.54) is 6.42 Å². The molecule has 1 aliphatic heterocycles. The minimum Gasteiger partial charge on any atom is -0.373 e. The second kappa shape index (κ2) is 3.92. The lowest BCUT2D eigenvalue weighted by molar-refractivity contribution is 0.725. The maximum Gasteiger partial charge on any atom is 0.129 e. The molecular formula is C10H16N4. The highest BCUT2D eigenvalue weighted by Crippen LogP contribution is 2.21. The summed E-state index contributed by atoms with van der Waals surface area (Å²) in [5.74, 6) is 2.32. The van der Waals surface area contributed by atoms with Gasteiger partial charge in [-0.1, -0.05) is 0 Å². The topological polar surface area (TPSA) is 49.8 Å². The van der Waals surface area contributed by atoms with Crippen molar-refractivity contribution in [3.63, 3.8) is 0 Å². The normalized spacial score (nSPS) is 21.1. The summed E-state index contributed by atoms with van der Waals surface area (Å²) in [6.07, 6.45) is 1.18. The van der Waals surface area contributed by atoms with Crippen molar-refractivity contribution in [3.8, 4) is 0 Å². The van der Waals surface area contributed by atoms with Crippen LogP contribution in [0.1, 0.15) is 23.9 Å². The summed E-state index contributed by atoms with van der Waals surface area (Å²) in [5.41, 5.74) is 1.16. The molecule has 0 saturated carbocycles. The van der Waals surface area contributed by atoms with Gasteiger partial charge in [-0.25, -0.2) is 9.97 Å². The molecule has 1 fully saturated rings. The smallest absolute Gasteiger partial charge is 0.129 e. The van der Waals surface area contributed by atoms with Crippen LogP contribution in [-0.2, 0) is 0 Å². The summed E-state index contributed by atoms with van der Waals surface area (Å²) in [5, 5.41) is 6.41. The van der Waals surface area contributed by atoms with E-state index in [2.05, 4.69) is 20.6 Å². The molecule has 0 spiro atoms. The van der Waals surface area contributed by atoms with E-state index in [9.17, 15) is 0 Å². The first-order chi connectivity index (χ1) is 6.79. The Hall–Kier alpha value is -1.16. The number of aryl methyl sites for hydroxylation is 1. The van der Waals surface area contributed by atoms with Crippen molar-refractivity contribution in [1.82, 2.24) is 15.3 Å². The van der Waals surface area contributed by atoms with E-state index in [0.717, 1.165) is 30.4 Å². The molecule has 76 valence electrons. The molecule has 1 aliphatic rings. The second-order valence-corrected chi connectivity index (χ2v) is 3.66. The maximum absolute atomic E-state index is 4.47. The molecule has 2 N–H and O–H groups in total. The van der Waals surface area contributed by atoms with E-state index in [0.29, 0.717) is 5.92 Å². The lowest BCUT2D eigenvalue weighted by atomic mass is 10.0. The predicted molar refractivity (Wildman–Crippen MR) is 56.5 cm³/mol. The van der Waals surface area contributed by atoms with Gasteiger partial charge in [0.1, 0.15) is 11.6 Å². The van der Waals surface area contributed by atoms with E-state index in [1.54, 1.807) is 0 Å². The average Bonchev–Trinajstić information content (AvgIpc) is 2.69. The van der Waals surface area contributed by atoms with Crippen molar-refractivity contribution in [2.45, 2.75) is 19.3 Å². The molecule has 4 heteroatoms. The van der Waals surface area contributed by atoms with Crippen molar-refractivity contribution in [2.75, 3.05) is 25.5 Å². The molecule has 2 heterocycles. The Balaban J connectivity index is 2.27. The van der Waals surface area contributed by atoms with E-state index in [4.69, 9.17) is 0 Å². The number of hydrogen-bond acceptors (Lipinski definition) is 4. The monoisotopic (exact) mass is 192 g/mol. The van der Waals surface area contributed by atoms with Crippen LogP contribution in [0.2, 0.25) is 0 Å². The van der Waals surface area contributed by atoms with Gasteiger partial charge < -0.3 is 10.6 Å². The molecule has 0 amide bonds. The van der Waals surface area contributed by atoms with E-state index >= 15 is 0 Å². The highest BCUT2D eigenvalue weighted by atomic mass is 15.0. The van der Waals surface area contributed by atoms with Crippen LogP contribution in [0.5, 0.6) is 0 Å². The van der Waals surface area contributed by atoms with Crippen molar-refractivity contribution >= 4 is 5.82 Å². The van der Waals surface area contributed by atoms with Gasteiger partial charge in [0.2, 0.25) is 0 Å². The second-order valence-electron chi connectivity index (χ2n) is 3.66. The lowest BCUT2D eigenvalue weighted by Crippen LogP contribution is -2.10. The van der Waals surface area contributed by atoms with Crippen molar-refractivity contribution in [1.29, 1.82) is 0 Å². The van der Waals surface area contributed by atoms with Crippen LogP contribution in [-0.4, -0.2) is 30.1 Å². The standard InChI is InChI=1S/C10H16N4/c1-7-13-9(5-10(11-2)14-7)8-3-4-12-6-8/h5,8,12H,3-4,6H2,1-2H3,(H,11,13,14)/t8-/m0/s1. The summed E-state index contributed by atoms with van der Waals surface area (Å²) in [6, 6.07) is 2.05. The van der Waals surface area contributed by atoms with Crippen LogP contribution >= 0.6 is 0 Å². The van der Waals surface area contributed by atoms with Crippen LogP contribution in [0, 0.1) is 6.92 Å². The molecule has 1 aromatic rings. The first-order valence-corrected chi connectivity index (χ1v) is 5.03. The minimum atomic E-state index is 0.559.